The van der Waals surface area contributed by atoms with E-state index in [1.54, 1.807) is 30.5 Å². The molecule has 2 aromatic heterocycles. The van der Waals surface area contributed by atoms with Crippen LogP contribution < -0.4 is 5.32 Å². The number of nitrogens with one attached hydrogen (secondary N) is 1. The number of hydrogen-bond acceptors (Lipinski definition) is 3. The van der Waals surface area contributed by atoms with Gasteiger partial charge in [-0.3, -0.25) is 4.79 Å². The number of aryl methyl sites for hydroxylation is 1. The van der Waals surface area contributed by atoms with Crippen LogP contribution in [-0.2, 0) is 0 Å². The monoisotopic (exact) mass is 296 g/mol. The molecule has 1 aromatic carbocycles. The average Bonchev–Trinajstić information content (AvgIpc) is 2.98. The normalized spacial score (nSPS) is 10.5. The fraction of sp³-hybridized carbons (Fsp3) is 0.0625. The summed E-state index contributed by atoms with van der Waals surface area (Å²) < 4.78 is 14.4. The Bertz CT molecular complexity index is 811. The molecule has 0 aliphatic carbocycles. The van der Waals surface area contributed by atoms with E-state index in [1.807, 2.05) is 19.1 Å². The van der Waals surface area contributed by atoms with Crippen molar-refractivity contribution >= 4 is 11.7 Å². The van der Waals surface area contributed by atoms with Crippen LogP contribution in [0.4, 0.5) is 10.2 Å². The van der Waals surface area contributed by atoms with Crippen LogP contribution in [0.2, 0.25) is 0 Å². The highest BCUT2D eigenvalue weighted by molar-refractivity contribution is 6.02. The molecule has 2 heterocycles. The first-order valence-electron chi connectivity index (χ1n) is 6.68. The molecule has 1 amide bonds. The quantitative estimate of drug-likeness (QED) is 0.808. The molecule has 0 radical (unpaired) electrons. The molecule has 0 unspecified atom stereocenters. The topological polar surface area (TPSA) is 59.8 Å². The van der Waals surface area contributed by atoms with Crippen LogP contribution in [0.25, 0.3) is 5.69 Å². The highest BCUT2D eigenvalue weighted by Crippen LogP contribution is 2.10. The fourth-order valence-electron chi connectivity index (χ4n) is 1.98. The summed E-state index contributed by atoms with van der Waals surface area (Å²) >= 11 is 0. The number of amides is 1. The number of rotatable bonds is 3. The maximum atomic E-state index is 12.9. The Kier molecular flexibility index (Phi) is 3.65. The van der Waals surface area contributed by atoms with E-state index >= 15 is 0 Å². The first kappa shape index (κ1) is 13.9. The van der Waals surface area contributed by atoms with E-state index in [0.717, 1.165) is 5.69 Å². The molecule has 0 atom stereocenters. The lowest BCUT2D eigenvalue weighted by atomic mass is 10.3. The summed E-state index contributed by atoms with van der Waals surface area (Å²) in [4.78, 5) is 16.3. The lowest BCUT2D eigenvalue weighted by molar-refractivity contribution is 0.102. The second kappa shape index (κ2) is 5.77. The van der Waals surface area contributed by atoms with Gasteiger partial charge < -0.3 is 5.32 Å². The second-order valence-corrected chi connectivity index (χ2v) is 4.74. The second-order valence-electron chi connectivity index (χ2n) is 4.74. The predicted octanol–water partition coefficient (Wildman–Crippen LogP) is 2.97. The third kappa shape index (κ3) is 3.01. The van der Waals surface area contributed by atoms with Crippen molar-refractivity contribution in [3.05, 3.63) is 71.9 Å². The Morgan fingerprint density at radius 3 is 2.64 bits per heavy atom. The van der Waals surface area contributed by atoms with Crippen molar-refractivity contribution in [3.8, 4) is 5.69 Å². The standard InChI is InChI=1S/C16H13FN4O/c1-11-3-2-4-15(18-11)19-16(22)14-9-10-21(20-14)13-7-5-12(17)6-8-13/h2-10H,1H3,(H,18,19,22). The van der Waals surface area contributed by atoms with Gasteiger partial charge >= 0.3 is 0 Å². The Balaban J connectivity index is 1.78. The van der Waals surface area contributed by atoms with Gasteiger partial charge in [-0.25, -0.2) is 14.1 Å². The Labute approximate surface area is 126 Å². The van der Waals surface area contributed by atoms with Crippen molar-refractivity contribution in [3.63, 3.8) is 0 Å². The van der Waals surface area contributed by atoms with Crippen LogP contribution in [-0.4, -0.2) is 20.7 Å². The van der Waals surface area contributed by atoms with Crippen LogP contribution in [0.15, 0.2) is 54.7 Å². The maximum Gasteiger partial charge on any atom is 0.277 e. The van der Waals surface area contributed by atoms with Crippen molar-refractivity contribution in [2.75, 3.05) is 5.32 Å². The molecule has 0 spiro atoms. The number of hydrogen-bond donors (Lipinski definition) is 1. The molecule has 1 N–H and O–H groups in total. The highest BCUT2D eigenvalue weighted by atomic mass is 19.1. The minimum absolute atomic E-state index is 0.257. The van der Waals surface area contributed by atoms with Gasteiger partial charge in [-0.1, -0.05) is 6.07 Å². The molecule has 0 aliphatic heterocycles. The summed E-state index contributed by atoms with van der Waals surface area (Å²) in [7, 11) is 0. The number of anilines is 1. The van der Waals surface area contributed by atoms with Crippen molar-refractivity contribution in [2.24, 2.45) is 0 Å². The predicted molar refractivity (Wildman–Crippen MR) is 80.4 cm³/mol. The van der Waals surface area contributed by atoms with Gasteiger partial charge in [-0.2, -0.15) is 5.10 Å². The SMILES string of the molecule is Cc1cccc(NC(=O)c2ccn(-c3ccc(F)cc3)n2)n1. The third-order valence-corrected chi connectivity index (χ3v) is 3.04. The summed E-state index contributed by atoms with van der Waals surface area (Å²) in [6.45, 7) is 1.85. The molecular weight excluding hydrogens is 283 g/mol. The highest BCUT2D eigenvalue weighted by Gasteiger charge is 2.11. The van der Waals surface area contributed by atoms with Crippen LogP contribution in [0, 0.1) is 12.7 Å². The summed E-state index contributed by atoms with van der Waals surface area (Å²) in [5, 5.41) is 6.87. The molecule has 6 heteroatoms. The number of nitrogens with zero attached hydrogens (tertiary/aromatic N) is 3. The van der Waals surface area contributed by atoms with Gasteiger partial charge in [0, 0.05) is 11.9 Å². The van der Waals surface area contributed by atoms with Crippen LogP contribution >= 0.6 is 0 Å². The Morgan fingerprint density at radius 2 is 1.91 bits per heavy atom. The van der Waals surface area contributed by atoms with Crippen LogP contribution in [0.3, 0.4) is 0 Å². The lowest BCUT2D eigenvalue weighted by Crippen LogP contribution is -2.14. The number of carbonyl (C=O) groups excluding carboxylic acids is 1. The average molecular weight is 296 g/mol. The Hall–Kier alpha value is -3.02. The van der Waals surface area contributed by atoms with Crippen LogP contribution in [0.5, 0.6) is 0 Å². The molecular formula is C16H13FN4O. The zero-order valence-corrected chi connectivity index (χ0v) is 11.8. The molecule has 0 fully saturated rings. The number of halogens is 1. The summed E-state index contributed by atoms with van der Waals surface area (Å²) in [6.07, 6.45) is 1.64. The van der Waals surface area contributed by atoms with Crippen molar-refractivity contribution in [1.82, 2.24) is 14.8 Å². The van der Waals surface area contributed by atoms with Gasteiger partial charge in [-0.15, -0.1) is 0 Å². The smallest absolute Gasteiger partial charge is 0.277 e. The van der Waals surface area contributed by atoms with E-state index in [2.05, 4.69) is 15.4 Å². The van der Waals surface area contributed by atoms with Gasteiger partial charge in [0.1, 0.15) is 11.6 Å². The first-order chi connectivity index (χ1) is 10.6. The first-order valence-corrected chi connectivity index (χ1v) is 6.68. The van der Waals surface area contributed by atoms with E-state index in [0.29, 0.717) is 11.5 Å². The van der Waals surface area contributed by atoms with E-state index < -0.39 is 0 Å². The molecule has 110 valence electrons. The summed E-state index contributed by atoms with van der Waals surface area (Å²) in [5.41, 5.74) is 1.75. The number of pyridine rings is 1. The van der Waals surface area contributed by atoms with E-state index in [-0.39, 0.29) is 17.4 Å². The zero-order valence-electron chi connectivity index (χ0n) is 11.8. The maximum absolute atomic E-state index is 12.9. The van der Waals surface area contributed by atoms with Crippen LogP contribution in [0.1, 0.15) is 16.2 Å². The van der Waals surface area contributed by atoms with Gasteiger partial charge in [0.15, 0.2) is 5.69 Å². The van der Waals surface area contributed by atoms with Crippen molar-refractivity contribution < 1.29 is 9.18 Å². The van der Waals surface area contributed by atoms with Crippen molar-refractivity contribution in [1.29, 1.82) is 0 Å². The molecule has 22 heavy (non-hydrogen) atoms. The lowest BCUT2D eigenvalue weighted by Gasteiger charge is -2.03. The van der Waals surface area contributed by atoms with E-state index in [4.69, 9.17) is 0 Å². The Morgan fingerprint density at radius 1 is 1.14 bits per heavy atom. The van der Waals surface area contributed by atoms with E-state index in [1.165, 1.54) is 16.8 Å². The molecule has 0 saturated heterocycles. The van der Waals surface area contributed by atoms with Gasteiger partial charge in [0.05, 0.1) is 5.69 Å². The number of benzene rings is 1. The summed E-state index contributed by atoms with van der Waals surface area (Å²) in [6, 6.07) is 12.8. The number of carbonyl (C=O) groups is 1. The zero-order chi connectivity index (χ0) is 15.5. The molecule has 0 aliphatic rings. The molecule has 3 rings (SSSR count). The molecule has 3 aromatic rings. The summed E-state index contributed by atoms with van der Waals surface area (Å²) in [5.74, 6) is -0.195. The third-order valence-electron chi connectivity index (χ3n) is 3.04. The largest absolute Gasteiger partial charge is 0.305 e. The van der Waals surface area contributed by atoms with E-state index in [9.17, 15) is 9.18 Å². The number of aromatic nitrogens is 3. The molecule has 0 bridgehead atoms. The van der Waals surface area contributed by atoms with Gasteiger partial charge in [0.2, 0.25) is 0 Å². The van der Waals surface area contributed by atoms with Gasteiger partial charge in [-0.05, 0) is 49.4 Å². The molecule has 0 saturated carbocycles. The van der Waals surface area contributed by atoms with Crippen molar-refractivity contribution in [2.45, 2.75) is 6.92 Å². The minimum atomic E-state index is -0.348. The minimum Gasteiger partial charge on any atom is -0.305 e. The molecule has 5 nitrogen and oxygen atoms in total. The van der Waals surface area contributed by atoms with Gasteiger partial charge in [0.25, 0.3) is 5.91 Å². The fourth-order valence-corrected chi connectivity index (χ4v) is 1.98.